The fraction of sp³-hybridized carbons (Fsp3) is 0.600. The van der Waals surface area contributed by atoms with Gasteiger partial charge in [-0.15, -0.1) is 0 Å². The van der Waals surface area contributed by atoms with Gasteiger partial charge in [-0.05, 0) is 57.1 Å². The minimum atomic E-state index is 0.0187. The molecule has 0 aromatic heterocycles. The third kappa shape index (κ3) is 1.97. The van der Waals surface area contributed by atoms with E-state index in [-0.39, 0.29) is 5.60 Å². The summed E-state index contributed by atoms with van der Waals surface area (Å²) in [4.78, 5) is 2.35. The third-order valence-corrected chi connectivity index (χ3v) is 4.88. The van der Waals surface area contributed by atoms with E-state index in [1.165, 1.54) is 31.2 Å². The summed E-state index contributed by atoms with van der Waals surface area (Å²) in [5, 5.41) is 0. The maximum Gasteiger partial charge on any atom is 0.129 e. The number of benzene rings is 1. The highest BCUT2D eigenvalue weighted by molar-refractivity contribution is 9.10. The molecule has 98 valence electrons. The first kappa shape index (κ1) is 12.5. The Balaban J connectivity index is 1.93. The molecule has 2 atom stereocenters. The van der Waals surface area contributed by atoms with E-state index in [2.05, 4.69) is 53.1 Å². The van der Waals surface area contributed by atoms with Crippen molar-refractivity contribution in [2.24, 2.45) is 0 Å². The number of likely N-dealkylation sites (N-methyl/N-ethyl adjacent to an activating group) is 1. The second kappa shape index (κ2) is 4.53. The molecule has 1 aromatic rings. The molecule has 2 nitrogen and oxygen atoms in total. The predicted molar refractivity (Wildman–Crippen MR) is 77.1 cm³/mol. The Hall–Kier alpha value is -0.540. The molecular weight excluding hydrogens is 290 g/mol. The molecule has 3 rings (SSSR count). The van der Waals surface area contributed by atoms with Crippen molar-refractivity contribution in [2.75, 3.05) is 14.1 Å². The summed E-state index contributed by atoms with van der Waals surface area (Å²) in [5.74, 6) is 1.09. The third-order valence-electron chi connectivity index (χ3n) is 4.38. The van der Waals surface area contributed by atoms with Crippen LogP contribution in [0.5, 0.6) is 5.75 Å². The molecule has 1 aliphatic carbocycles. The van der Waals surface area contributed by atoms with Crippen molar-refractivity contribution in [3.63, 3.8) is 0 Å². The van der Waals surface area contributed by atoms with Crippen LogP contribution in [0.1, 0.15) is 31.2 Å². The van der Waals surface area contributed by atoms with Crippen LogP contribution in [0, 0.1) is 0 Å². The average molecular weight is 310 g/mol. The van der Waals surface area contributed by atoms with Gasteiger partial charge in [0.25, 0.3) is 0 Å². The van der Waals surface area contributed by atoms with Crippen molar-refractivity contribution < 1.29 is 4.74 Å². The molecule has 1 aliphatic heterocycles. The highest BCUT2D eigenvalue weighted by Crippen LogP contribution is 2.45. The van der Waals surface area contributed by atoms with Crippen molar-refractivity contribution in [1.29, 1.82) is 0 Å². The number of fused-ring (bicyclic) bond motifs is 1. The fourth-order valence-electron chi connectivity index (χ4n) is 3.61. The first-order valence-corrected chi connectivity index (χ1v) is 7.54. The fourth-order valence-corrected chi connectivity index (χ4v) is 4.02. The minimum Gasteiger partial charge on any atom is -0.485 e. The van der Waals surface area contributed by atoms with Crippen molar-refractivity contribution in [1.82, 2.24) is 4.90 Å². The van der Waals surface area contributed by atoms with Gasteiger partial charge in [0.05, 0.1) is 0 Å². The highest BCUT2D eigenvalue weighted by Gasteiger charge is 2.48. The lowest BCUT2D eigenvalue weighted by Gasteiger charge is -2.44. The van der Waals surface area contributed by atoms with E-state index in [1.54, 1.807) is 0 Å². The van der Waals surface area contributed by atoms with E-state index < -0.39 is 0 Å². The van der Waals surface area contributed by atoms with Gasteiger partial charge in [-0.1, -0.05) is 22.4 Å². The number of nitrogens with zero attached hydrogens (tertiary/aromatic N) is 1. The highest BCUT2D eigenvalue weighted by atomic mass is 79.9. The zero-order chi connectivity index (χ0) is 12.8. The molecule has 0 bridgehead atoms. The Morgan fingerprint density at radius 2 is 2.17 bits per heavy atom. The van der Waals surface area contributed by atoms with Gasteiger partial charge in [0.2, 0.25) is 0 Å². The van der Waals surface area contributed by atoms with E-state index >= 15 is 0 Å². The minimum absolute atomic E-state index is 0.0187. The van der Waals surface area contributed by atoms with Crippen LogP contribution in [0.3, 0.4) is 0 Å². The van der Waals surface area contributed by atoms with Gasteiger partial charge in [0.15, 0.2) is 0 Å². The monoisotopic (exact) mass is 309 g/mol. The smallest absolute Gasteiger partial charge is 0.129 e. The summed E-state index contributed by atoms with van der Waals surface area (Å²) in [6.45, 7) is 0. The number of hydrogen-bond acceptors (Lipinski definition) is 2. The maximum atomic E-state index is 6.40. The molecule has 1 saturated carbocycles. The molecule has 0 unspecified atom stereocenters. The number of hydrogen-bond donors (Lipinski definition) is 0. The van der Waals surface area contributed by atoms with E-state index in [4.69, 9.17) is 4.74 Å². The molecule has 1 heterocycles. The topological polar surface area (TPSA) is 12.5 Å². The van der Waals surface area contributed by atoms with Gasteiger partial charge < -0.3 is 9.64 Å². The second-order valence-electron chi connectivity index (χ2n) is 5.82. The zero-order valence-electron chi connectivity index (χ0n) is 11.1. The number of ether oxygens (including phenoxy) is 1. The van der Waals surface area contributed by atoms with Crippen molar-refractivity contribution in [3.8, 4) is 5.75 Å². The lowest BCUT2D eigenvalue weighted by atomic mass is 9.77. The summed E-state index contributed by atoms with van der Waals surface area (Å²) >= 11 is 3.56. The SMILES string of the molecule is CN(C)[C@H]1CCCC[C@]12Cc1cc(Br)ccc1O2. The average Bonchev–Trinajstić information content (AvgIpc) is 2.66. The molecule has 0 radical (unpaired) electrons. The van der Waals surface area contributed by atoms with Crippen molar-refractivity contribution in [2.45, 2.75) is 43.7 Å². The van der Waals surface area contributed by atoms with Gasteiger partial charge in [-0.2, -0.15) is 0 Å². The first-order valence-electron chi connectivity index (χ1n) is 6.75. The molecule has 1 aromatic carbocycles. The molecule has 0 amide bonds. The van der Waals surface area contributed by atoms with E-state index in [0.29, 0.717) is 6.04 Å². The van der Waals surface area contributed by atoms with Crippen molar-refractivity contribution in [3.05, 3.63) is 28.2 Å². The first-order chi connectivity index (χ1) is 8.61. The van der Waals surface area contributed by atoms with Crippen LogP contribution in [-0.4, -0.2) is 30.6 Å². The van der Waals surface area contributed by atoms with E-state index in [9.17, 15) is 0 Å². The van der Waals surface area contributed by atoms with Gasteiger partial charge in [0.1, 0.15) is 11.4 Å². The van der Waals surface area contributed by atoms with Crippen LogP contribution in [-0.2, 0) is 6.42 Å². The lowest BCUT2D eigenvalue weighted by Crippen LogP contribution is -2.55. The standard InChI is InChI=1S/C15H20BrNO/c1-17(2)14-5-3-4-8-15(14)10-11-9-12(16)6-7-13(11)18-15/h6-7,9,14H,3-5,8,10H2,1-2H3/t14-,15-/m0/s1. The summed E-state index contributed by atoms with van der Waals surface area (Å²) < 4.78 is 7.55. The van der Waals surface area contributed by atoms with Gasteiger partial charge in [-0.3, -0.25) is 0 Å². The lowest BCUT2D eigenvalue weighted by molar-refractivity contribution is -0.0222. The maximum absolute atomic E-state index is 6.40. The normalized spacial score (nSPS) is 30.6. The quantitative estimate of drug-likeness (QED) is 0.785. The second-order valence-corrected chi connectivity index (χ2v) is 6.74. The molecule has 0 saturated heterocycles. The van der Waals surface area contributed by atoms with Crippen LogP contribution < -0.4 is 4.74 Å². The number of halogens is 1. The van der Waals surface area contributed by atoms with Crippen LogP contribution in [0.25, 0.3) is 0 Å². The Morgan fingerprint density at radius 3 is 2.94 bits per heavy atom. The zero-order valence-corrected chi connectivity index (χ0v) is 12.7. The van der Waals surface area contributed by atoms with Gasteiger partial charge in [0, 0.05) is 16.9 Å². The summed E-state index contributed by atoms with van der Waals surface area (Å²) in [6, 6.07) is 6.93. The Morgan fingerprint density at radius 1 is 1.33 bits per heavy atom. The Labute approximate surface area is 117 Å². The molecule has 0 N–H and O–H groups in total. The molecule has 1 fully saturated rings. The van der Waals surface area contributed by atoms with Gasteiger partial charge in [-0.25, -0.2) is 0 Å². The van der Waals surface area contributed by atoms with Crippen LogP contribution in [0.15, 0.2) is 22.7 Å². The molecule has 18 heavy (non-hydrogen) atoms. The van der Waals surface area contributed by atoms with E-state index in [0.717, 1.165) is 16.6 Å². The molecule has 1 spiro atoms. The van der Waals surface area contributed by atoms with Crippen LogP contribution in [0.4, 0.5) is 0 Å². The molecule has 3 heteroatoms. The van der Waals surface area contributed by atoms with Gasteiger partial charge >= 0.3 is 0 Å². The van der Waals surface area contributed by atoms with Crippen LogP contribution >= 0.6 is 15.9 Å². The molecular formula is C15H20BrNO. The Bertz CT molecular complexity index is 460. The molecule has 2 aliphatic rings. The van der Waals surface area contributed by atoms with Crippen LogP contribution in [0.2, 0.25) is 0 Å². The van der Waals surface area contributed by atoms with E-state index in [1.807, 2.05) is 0 Å². The largest absolute Gasteiger partial charge is 0.485 e. The summed E-state index contributed by atoms with van der Waals surface area (Å²) in [5.41, 5.74) is 1.38. The Kier molecular flexibility index (Phi) is 3.15. The summed E-state index contributed by atoms with van der Waals surface area (Å²) in [7, 11) is 4.36. The summed E-state index contributed by atoms with van der Waals surface area (Å²) in [6.07, 6.45) is 6.11. The number of rotatable bonds is 1. The predicted octanol–water partition coefficient (Wildman–Crippen LogP) is 3.63. The van der Waals surface area contributed by atoms with Crippen molar-refractivity contribution >= 4 is 15.9 Å².